The van der Waals surface area contributed by atoms with Gasteiger partial charge in [-0.15, -0.1) is 0 Å². The Morgan fingerprint density at radius 1 is 1.41 bits per heavy atom. The molecular formula is C13H20N2O2. The second kappa shape index (κ2) is 5.68. The van der Waals surface area contributed by atoms with Crippen LogP contribution in [0.3, 0.4) is 0 Å². The van der Waals surface area contributed by atoms with Crippen LogP contribution in [0.5, 0.6) is 5.75 Å². The van der Waals surface area contributed by atoms with Gasteiger partial charge in [0.1, 0.15) is 5.75 Å². The molecule has 0 aliphatic carbocycles. The second-order valence-corrected chi connectivity index (χ2v) is 4.32. The lowest BCUT2D eigenvalue weighted by molar-refractivity contribution is -0.125. The molecule has 0 fully saturated rings. The van der Waals surface area contributed by atoms with Crippen LogP contribution < -0.4 is 10.2 Å². The number of methoxy groups -OCH3 is 1. The van der Waals surface area contributed by atoms with E-state index in [4.69, 9.17) is 4.74 Å². The molecule has 0 radical (unpaired) electrons. The fourth-order valence-corrected chi connectivity index (χ4v) is 1.64. The molecule has 0 aromatic heterocycles. The van der Waals surface area contributed by atoms with Crippen LogP contribution in [0.15, 0.2) is 18.2 Å². The molecule has 4 nitrogen and oxygen atoms in total. The van der Waals surface area contributed by atoms with E-state index in [1.165, 1.54) is 0 Å². The summed E-state index contributed by atoms with van der Waals surface area (Å²) in [5.74, 6) is 0.649. The minimum atomic E-state index is -0.179. The van der Waals surface area contributed by atoms with E-state index in [1.807, 2.05) is 32.0 Å². The SMILES string of the molecule is COc1ccc(C(C)C(=O)NN(C)C)cc1C. The Kier molecular flexibility index (Phi) is 4.52. The molecule has 94 valence electrons. The number of ether oxygens (including phenoxy) is 1. The monoisotopic (exact) mass is 236 g/mol. The first-order chi connectivity index (χ1) is 7.95. The third kappa shape index (κ3) is 3.46. The number of aryl methyl sites for hydroxylation is 1. The first kappa shape index (κ1) is 13.5. The lowest BCUT2D eigenvalue weighted by atomic mass is 9.98. The van der Waals surface area contributed by atoms with Gasteiger partial charge in [0.05, 0.1) is 13.0 Å². The van der Waals surface area contributed by atoms with Gasteiger partial charge in [-0.1, -0.05) is 12.1 Å². The number of nitrogens with zero attached hydrogens (tertiary/aromatic N) is 1. The van der Waals surface area contributed by atoms with E-state index in [-0.39, 0.29) is 11.8 Å². The van der Waals surface area contributed by atoms with Gasteiger partial charge in [0.25, 0.3) is 0 Å². The molecule has 0 heterocycles. The molecule has 1 N–H and O–H groups in total. The number of hydrogen-bond acceptors (Lipinski definition) is 3. The summed E-state index contributed by atoms with van der Waals surface area (Å²) in [4.78, 5) is 11.8. The Bertz CT molecular complexity index is 402. The van der Waals surface area contributed by atoms with Crippen molar-refractivity contribution in [3.8, 4) is 5.75 Å². The Balaban J connectivity index is 2.85. The summed E-state index contributed by atoms with van der Waals surface area (Å²) in [6.07, 6.45) is 0. The Morgan fingerprint density at radius 2 is 2.06 bits per heavy atom. The molecular weight excluding hydrogens is 216 g/mol. The maximum Gasteiger partial charge on any atom is 0.241 e. The fraction of sp³-hybridized carbons (Fsp3) is 0.462. The largest absolute Gasteiger partial charge is 0.496 e. The molecule has 0 spiro atoms. The molecule has 0 saturated heterocycles. The lowest BCUT2D eigenvalue weighted by Gasteiger charge is -2.17. The number of hydrazine groups is 1. The molecule has 0 aliphatic rings. The van der Waals surface area contributed by atoms with Gasteiger partial charge in [0.15, 0.2) is 0 Å². The minimum Gasteiger partial charge on any atom is -0.496 e. The minimum absolute atomic E-state index is 0.0143. The third-order valence-electron chi connectivity index (χ3n) is 2.65. The van der Waals surface area contributed by atoms with Gasteiger partial charge >= 0.3 is 0 Å². The highest BCUT2D eigenvalue weighted by molar-refractivity contribution is 5.82. The molecule has 1 unspecified atom stereocenters. The summed E-state index contributed by atoms with van der Waals surface area (Å²) >= 11 is 0. The van der Waals surface area contributed by atoms with Crippen LogP contribution in [0.1, 0.15) is 24.0 Å². The molecule has 0 aliphatic heterocycles. The molecule has 1 amide bonds. The standard InChI is InChI=1S/C13H20N2O2/c1-9-8-11(6-7-12(9)17-5)10(2)13(16)14-15(3)4/h6-8,10H,1-5H3,(H,14,16). The number of carbonyl (C=O) groups is 1. The third-order valence-corrected chi connectivity index (χ3v) is 2.65. The van der Waals surface area contributed by atoms with E-state index in [0.717, 1.165) is 16.9 Å². The van der Waals surface area contributed by atoms with Crippen molar-refractivity contribution in [2.45, 2.75) is 19.8 Å². The van der Waals surface area contributed by atoms with E-state index in [9.17, 15) is 4.79 Å². The van der Waals surface area contributed by atoms with Gasteiger partial charge in [0, 0.05) is 14.1 Å². The van der Waals surface area contributed by atoms with Crippen molar-refractivity contribution in [3.63, 3.8) is 0 Å². The Morgan fingerprint density at radius 3 is 2.53 bits per heavy atom. The first-order valence-electron chi connectivity index (χ1n) is 5.58. The van der Waals surface area contributed by atoms with Crippen LogP contribution in [-0.4, -0.2) is 32.1 Å². The van der Waals surface area contributed by atoms with Crippen LogP contribution in [0.25, 0.3) is 0 Å². The maximum absolute atomic E-state index is 11.8. The number of nitrogens with one attached hydrogen (secondary N) is 1. The number of rotatable bonds is 4. The quantitative estimate of drug-likeness (QED) is 0.809. The van der Waals surface area contributed by atoms with Crippen molar-refractivity contribution in [2.24, 2.45) is 0 Å². The highest BCUT2D eigenvalue weighted by Crippen LogP contribution is 2.23. The molecule has 1 aromatic rings. The molecule has 17 heavy (non-hydrogen) atoms. The summed E-state index contributed by atoms with van der Waals surface area (Å²) in [5.41, 5.74) is 4.78. The van der Waals surface area contributed by atoms with Crippen molar-refractivity contribution in [2.75, 3.05) is 21.2 Å². The Labute approximate surface area is 103 Å². The van der Waals surface area contributed by atoms with Crippen molar-refractivity contribution >= 4 is 5.91 Å². The molecule has 1 rings (SSSR count). The van der Waals surface area contributed by atoms with E-state index in [1.54, 1.807) is 26.2 Å². The zero-order valence-electron chi connectivity index (χ0n) is 11.1. The summed E-state index contributed by atoms with van der Waals surface area (Å²) in [6.45, 7) is 3.86. The molecule has 1 aromatic carbocycles. The topological polar surface area (TPSA) is 41.6 Å². The van der Waals surface area contributed by atoms with Gasteiger partial charge in [-0.05, 0) is 31.0 Å². The molecule has 0 bridgehead atoms. The van der Waals surface area contributed by atoms with E-state index in [0.29, 0.717) is 0 Å². The van der Waals surface area contributed by atoms with E-state index >= 15 is 0 Å². The lowest BCUT2D eigenvalue weighted by Crippen LogP contribution is -2.38. The highest BCUT2D eigenvalue weighted by Gasteiger charge is 2.16. The first-order valence-corrected chi connectivity index (χ1v) is 5.58. The van der Waals surface area contributed by atoms with Crippen molar-refractivity contribution in [3.05, 3.63) is 29.3 Å². The molecule has 4 heteroatoms. The zero-order chi connectivity index (χ0) is 13.0. The predicted octanol–water partition coefficient (Wildman–Crippen LogP) is 1.70. The number of amides is 1. The highest BCUT2D eigenvalue weighted by atomic mass is 16.5. The van der Waals surface area contributed by atoms with Crippen LogP contribution in [0.2, 0.25) is 0 Å². The predicted molar refractivity (Wildman–Crippen MR) is 68.0 cm³/mol. The van der Waals surface area contributed by atoms with Crippen molar-refractivity contribution in [1.82, 2.24) is 10.4 Å². The summed E-state index contributed by atoms with van der Waals surface area (Å²) in [7, 11) is 5.23. The Hall–Kier alpha value is -1.55. The average molecular weight is 236 g/mol. The van der Waals surface area contributed by atoms with Crippen LogP contribution >= 0.6 is 0 Å². The zero-order valence-corrected chi connectivity index (χ0v) is 11.1. The summed E-state index contributed by atoms with van der Waals surface area (Å²) in [6, 6.07) is 5.80. The van der Waals surface area contributed by atoms with Crippen LogP contribution in [0.4, 0.5) is 0 Å². The normalized spacial score (nSPS) is 12.4. The van der Waals surface area contributed by atoms with E-state index in [2.05, 4.69) is 5.43 Å². The molecule has 1 atom stereocenters. The van der Waals surface area contributed by atoms with Gasteiger partial charge < -0.3 is 4.74 Å². The van der Waals surface area contributed by atoms with Crippen LogP contribution in [-0.2, 0) is 4.79 Å². The summed E-state index contributed by atoms with van der Waals surface area (Å²) in [5, 5.41) is 1.65. The average Bonchev–Trinajstić information content (AvgIpc) is 2.27. The second-order valence-electron chi connectivity index (χ2n) is 4.32. The molecule has 0 saturated carbocycles. The van der Waals surface area contributed by atoms with Gasteiger partial charge in [-0.25, -0.2) is 5.01 Å². The number of carbonyl (C=O) groups excluding carboxylic acids is 1. The number of benzene rings is 1. The fourth-order valence-electron chi connectivity index (χ4n) is 1.64. The van der Waals surface area contributed by atoms with Gasteiger partial charge in [-0.2, -0.15) is 0 Å². The van der Waals surface area contributed by atoms with E-state index < -0.39 is 0 Å². The van der Waals surface area contributed by atoms with Crippen molar-refractivity contribution < 1.29 is 9.53 Å². The smallest absolute Gasteiger partial charge is 0.241 e. The van der Waals surface area contributed by atoms with Gasteiger partial charge in [0.2, 0.25) is 5.91 Å². The summed E-state index contributed by atoms with van der Waals surface area (Å²) < 4.78 is 5.20. The van der Waals surface area contributed by atoms with Crippen molar-refractivity contribution in [1.29, 1.82) is 0 Å². The maximum atomic E-state index is 11.8. The van der Waals surface area contributed by atoms with Gasteiger partial charge in [-0.3, -0.25) is 10.2 Å². The number of hydrogen-bond donors (Lipinski definition) is 1. The van der Waals surface area contributed by atoms with Crippen LogP contribution in [0, 0.1) is 6.92 Å².